The van der Waals surface area contributed by atoms with E-state index in [2.05, 4.69) is 20.8 Å². The summed E-state index contributed by atoms with van der Waals surface area (Å²) >= 11 is 0. The van der Waals surface area contributed by atoms with E-state index in [1.807, 2.05) is 30.4 Å². The van der Waals surface area contributed by atoms with Crippen LogP contribution in [-0.2, 0) is 18.4 Å². The molecule has 9 heteroatoms. The first-order valence-corrected chi connectivity index (χ1v) is 9.77. The van der Waals surface area contributed by atoms with Crippen molar-refractivity contribution in [3.05, 3.63) is 11.6 Å². The number of aryl methyl sites for hydroxylation is 1. The Hall–Kier alpha value is -1.39. The Kier molecular flexibility index (Phi) is 8.30. The lowest BCUT2D eigenvalue weighted by atomic mass is 10.2. The molecule has 8 nitrogen and oxygen atoms in total. The van der Waals surface area contributed by atoms with E-state index in [-0.39, 0.29) is 35.9 Å². The molecule has 1 aliphatic heterocycles. The fraction of sp³-hybridized carbons (Fsp3) is 0.778. The number of halogens is 1. The van der Waals surface area contributed by atoms with Crippen LogP contribution >= 0.6 is 24.0 Å². The minimum absolute atomic E-state index is 0. The summed E-state index contributed by atoms with van der Waals surface area (Å²) in [6.07, 6.45) is 6.45. The van der Waals surface area contributed by atoms with Crippen LogP contribution in [-0.4, -0.2) is 56.7 Å². The zero-order valence-corrected chi connectivity index (χ0v) is 18.9. The van der Waals surface area contributed by atoms with Crippen molar-refractivity contribution in [1.82, 2.24) is 30.3 Å². The molecule has 1 unspecified atom stereocenters. The van der Waals surface area contributed by atoms with Crippen molar-refractivity contribution in [1.29, 1.82) is 0 Å². The lowest BCUT2D eigenvalue weighted by molar-refractivity contribution is -0.129. The van der Waals surface area contributed by atoms with E-state index < -0.39 is 0 Å². The number of aliphatic imine (C=N–C) groups is 1. The summed E-state index contributed by atoms with van der Waals surface area (Å²) in [5, 5.41) is 15.4. The number of hydrogen-bond acceptors (Lipinski definition) is 4. The van der Waals surface area contributed by atoms with E-state index in [1.54, 1.807) is 0 Å². The molecule has 2 fully saturated rings. The van der Waals surface area contributed by atoms with Crippen LogP contribution in [0.1, 0.15) is 57.1 Å². The van der Waals surface area contributed by atoms with Gasteiger partial charge >= 0.3 is 0 Å². The minimum atomic E-state index is 0. The maximum atomic E-state index is 11.9. The highest BCUT2D eigenvalue weighted by Gasteiger charge is 2.26. The number of amides is 1. The Labute approximate surface area is 178 Å². The number of nitrogens with zero attached hydrogens (tertiary/aromatic N) is 5. The van der Waals surface area contributed by atoms with Gasteiger partial charge in [0.1, 0.15) is 12.4 Å². The van der Waals surface area contributed by atoms with Crippen LogP contribution in [0, 0.1) is 6.92 Å². The monoisotopic (exact) mass is 489 g/mol. The molecule has 1 aliphatic carbocycles. The minimum Gasteiger partial charge on any atom is -0.354 e. The smallest absolute Gasteiger partial charge is 0.222 e. The number of likely N-dealkylation sites (tertiary alicyclic amines) is 1. The summed E-state index contributed by atoms with van der Waals surface area (Å²) in [5.74, 6) is 2.79. The molecule has 152 valence electrons. The average molecular weight is 489 g/mol. The molecule has 2 N–H and O–H groups in total. The van der Waals surface area contributed by atoms with E-state index in [0.717, 1.165) is 37.1 Å². The molecule has 0 spiro atoms. The molecule has 1 amide bonds. The van der Waals surface area contributed by atoms with Crippen molar-refractivity contribution in [3.63, 3.8) is 0 Å². The third-order valence-corrected chi connectivity index (χ3v) is 5.44. The number of nitrogens with one attached hydrogen (secondary N) is 2. The molecule has 1 saturated carbocycles. The molecule has 1 atom stereocenters. The summed E-state index contributed by atoms with van der Waals surface area (Å²) in [4.78, 5) is 18.6. The van der Waals surface area contributed by atoms with E-state index in [9.17, 15) is 4.79 Å². The van der Waals surface area contributed by atoms with Crippen molar-refractivity contribution >= 4 is 35.8 Å². The van der Waals surface area contributed by atoms with Crippen molar-refractivity contribution in [2.45, 2.75) is 71.0 Å². The second-order valence-electron chi connectivity index (χ2n) is 7.34. The van der Waals surface area contributed by atoms with E-state index in [1.165, 1.54) is 25.7 Å². The number of carbonyl (C=O) groups excluding carboxylic acids is 1. The van der Waals surface area contributed by atoms with Crippen molar-refractivity contribution < 1.29 is 4.79 Å². The van der Waals surface area contributed by atoms with Crippen LogP contribution in [0.4, 0.5) is 0 Å². The second-order valence-corrected chi connectivity index (χ2v) is 7.34. The van der Waals surface area contributed by atoms with Crippen molar-refractivity contribution in [3.8, 4) is 0 Å². The Balaban J connectivity index is 0.00000261. The van der Waals surface area contributed by atoms with Gasteiger partial charge in [-0.2, -0.15) is 0 Å². The van der Waals surface area contributed by atoms with Gasteiger partial charge in [0.25, 0.3) is 0 Å². The maximum Gasteiger partial charge on any atom is 0.222 e. The zero-order valence-electron chi connectivity index (χ0n) is 16.6. The van der Waals surface area contributed by atoms with Crippen LogP contribution in [0.5, 0.6) is 0 Å². The van der Waals surface area contributed by atoms with Crippen LogP contribution in [0.25, 0.3) is 0 Å². The quantitative estimate of drug-likeness (QED) is 0.374. The molecule has 2 aliphatic rings. The topological polar surface area (TPSA) is 87.4 Å². The summed E-state index contributed by atoms with van der Waals surface area (Å²) in [5.41, 5.74) is 0. The Morgan fingerprint density at radius 3 is 2.52 bits per heavy atom. The SMILES string of the molecule is CCC(=O)N1CCC(NC(=NCc2nnc(C)n2C)NC2CCCC2)C1.I. The fourth-order valence-corrected chi connectivity index (χ4v) is 3.66. The Morgan fingerprint density at radius 1 is 1.19 bits per heavy atom. The number of hydrogen-bond donors (Lipinski definition) is 2. The highest BCUT2D eigenvalue weighted by atomic mass is 127. The molecule has 0 aromatic carbocycles. The van der Waals surface area contributed by atoms with Crippen LogP contribution < -0.4 is 10.6 Å². The van der Waals surface area contributed by atoms with Gasteiger partial charge in [-0.05, 0) is 26.2 Å². The zero-order chi connectivity index (χ0) is 18.5. The van der Waals surface area contributed by atoms with Gasteiger partial charge in [-0.15, -0.1) is 34.2 Å². The number of rotatable bonds is 5. The first-order valence-electron chi connectivity index (χ1n) is 9.77. The largest absolute Gasteiger partial charge is 0.354 e. The lowest BCUT2D eigenvalue weighted by Crippen LogP contribution is -2.48. The summed E-state index contributed by atoms with van der Waals surface area (Å²) in [6.45, 7) is 5.92. The molecule has 2 heterocycles. The number of aromatic nitrogens is 3. The molecule has 1 aromatic heterocycles. The van der Waals surface area contributed by atoms with Gasteiger partial charge in [-0.3, -0.25) is 4.79 Å². The normalized spacial score (nSPS) is 20.6. The first kappa shape index (κ1) is 21.9. The first-order chi connectivity index (χ1) is 12.6. The lowest BCUT2D eigenvalue weighted by Gasteiger charge is -2.21. The molecule has 0 radical (unpaired) electrons. The van der Waals surface area contributed by atoms with Crippen molar-refractivity contribution in [2.75, 3.05) is 13.1 Å². The van der Waals surface area contributed by atoms with Crippen LogP contribution in [0.3, 0.4) is 0 Å². The van der Waals surface area contributed by atoms with Gasteiger partial charge in [-0.1, -0.05) is 19.8 Å². The van der Waals surface area contributed by atoms with Gasteiger partial charge in [0.15, 0.2) is 11.8 Å². The predicted octanol–water partition coefficient (Wildman–Crippen LogP) is 1.73. The number of carbonyl (C=O) groups is 1. The van der Waals surface area contributed by atoms with E-state index >= 15 is 0 Å². The predicted molar refractivity (Wildman–Crippen MR) is 116 cm³/mol. The van der Waals surface area contributed by atoms with Gasteiger partial charge in [0.05, 0.1) is 0 Å². The molecule has 3 rings (SSSR count). The Morgan fingerprint density at radius 2 is 1.89 bits per heavy atom. The second kappa shape index (κ2) is 10.2. The van der Waals surface area contributed by atoms with Gasteiger partial charge in [-0.25, -0.2) is 4.99 Å². The van der Waals surface area contributed by atoms with Gasteiger partial charge < -0.3 is 20.1 Å². The van der Waals surface area contributed by atoms with E-state index in [4.69, 9.17) is 4.99 Å². The molecule has 1 aromatic rings. The summed E-state index contributed by atoms with van der Waals surface area (Å²) < 4.78 is 1.97. The fourth-order valence-electron chi connectivity index (χ4n) is 3.66. The van der Waals surface area contributed by atoms with Crippen LogP contribution in [0.15, 0.2) is 4.99 Å². The maximum absolute atomic E-state index is 11.9. The average Bonchev–Trinajstić information content (AvgIpc) is 3.37. The molecule has 27 heavy (non-hydrogen) atoms. The number of guanidine groups is 1. The third kappa shape index (κ3) is 5.79. The van der Waals surface area contributed by atoms with E-state index in [0.29, 0.717) is 19.0 Å². The standard InChI is InChI=1S/C18H31N7O.HI/c1-4-17(26)25-10-9-15(12-25)21-18(20-14-7-5-6-8-14)19-11-16-23-22-13(2)24(16)3;/h14-15H,4-12H2,1-3H3,(H2,19,20,21);1H. The third-order valence-electron chi connectivity index (χ3n) is 5.44. The van der Waals surface area contributed by atoms with Gasteiger partial charge in [0.2, 0.25) is 5.91 Å². The molecule has 1 saturated heterocycles. The Bertz CT molecular complexity index is 654. The molecular weight excluding hydrogens is 457 g/mol. The highest BCUT2D eigenvalue weighted by molar-refractivity contribution is 14.0. The van der Waals surface area contributed by atoms with Crippen molar-refractivity contribution in [2.24, 2.45) is 12.0 Å². The van der Waals surface area contributed by atoms with Crippen LogP contribution in [0.2, 0.25) is 0 Å². The molecule has 0 bridgehead atoms. The summed E-state index contributed by atoms with van der Waals surface area (Å²) in [7, 11) is 1.96. The van der Waals surface area contributed by atoms with Gasteiger partial charge in [0, 0.05) is 38.6 Å². The molecular formula is C18H32IN7O. The summed E-state index contributed by atoms with van der Waals surface area (Å²) in [6, 6.07) is 0.733. The highest BCUT2D eigenvalue weighted by Crippen LogP contribution is 2.18.